The first-order chi connectivity index (χ1) is 16.1. The lowest BCUT2D eigenvalue weighted by atomic mass is 10.2. The molecule has 0 radical (unpaired) electrons. The maximum atomic E-state index is 13.0. The summed E-state index contributed by atoms with van der Waals surface area (Å²) in [5.74, 6) is 1.86. The van der Waals surface area contributed by atoms with Crippen LogP contribution in [-0.2, 0) is 0 Å². The Morgan fingerprint density at radius 2 is 1.73 bits per heavy atom. The van der Waals surface area contributed by atoms with Crippen molar-refractivity contribution in [3.63, 3.8) is 0 Å². The molecule has 180 valence electrons. The van der Waals surface area contributed by atoms with Gasteiger partial charge in [0.2, 0.25) is 0 Å². The third-order valence-electron chi connectivity index (χ3n) is 4.86. The number of hydrogen-bond donors (Lipinski definition) is 0. The van der Waals surface area contributed by atoms with Crippen LogP contribution in [0, 0.1) is 5.82 Å². The topological polar surface area (TPSA) is 21.7 Å². The van der Waals surface area contributed by atoms with Gasteiger partial charge in [-0.25, -0.2) is 8.70 Å². The van der Waals surface area contributed by atoms with Crippen molar-refractivity contribution in [2.75, 3.05) is 19.0 Å². The molecule has 0 aliphatic carbocycles. The number of alkyl halides is 1. The summed E-state index contributed by atoms with van der Waals surface area (Å²) in [4.78, 5) is 1.16. The zero-order valence-electron chi connectivity index (χ0n) is 20.0. The first-order valence-electron chi connectivity index (χ1n) is 11.6. The van der Waals surface area contributed by atoms with Crippen LogP contribution in [0.5, 0.6) is 11.5 Å². The number of benzene rings is 2. The molecule has 2 aromatic carbocycles. The normalized spacial score (nSPS) is 17.8. The van der Waals surface area contributed by atoms with Gasteiger partial charge in [-0.3, -0.25) is 0 Å². The molecule has 1 saturated heterocycles. The van der Waals surface area contributed by atoms with E-state index in [1.165, 1.54) is 37.0 Å². The first kappa shape index (κ1) is 27.3. The van der Waals surface area contributed by atoms with Gasteiger partial charge in [0.25, 0.3) is 6.29 Å². The summed E-state index contributed by atoms with van der Waals surface area (Å²) in [7, 11) is 0. The lowest BCUT2D eigenvalue weighted by molar-refractivity contribution is 0.0486. The molecule has 0 bridgehead atoms. The van der Waals surface area contributed by atoms with Gasteiger partial charge < -0.3 is 9.47 Å². The van der Waals surface area contributed by atoms with E-state index in [0.29, 0.717) is 5.88 Å². The van der Waals surface area contributed by atoms with Gasteiger partial charge >= 0.3 is 0 Å². The number of ether oxygens (including phenoxy) is 2. The first-order valence-corrected chi connectivity index (χ1v) is 12.9. The number of piperidine rings is 1. The van der Waals surface area contributed by atoms with Crippen molar-refractivity contribution >= 4 is 23.5 Å². The molecule has 0 N–H and O–H groups in total. The molecule has 1 unspecified atom stereocenters. The Bertz CT molecular complexity index is 895. The number of nitrogens with zero attached hydrogens (tertiary/aromatic N) is 1. The van der Waals surface area contributed by atoms with Crippen LogP contribution in [0.1, 0.15) is 58.8 Å². The lowest BCUT2D eigenvalue weighted by Crippen LogP contribution is -2.22. The lowest BCUT2D eigenvalue weighted by Gasteiger charge is -2.24. The molecule has 0 saturated carbocycles. The quantitative estimate of drug-likeness (QED) is 0.237. The SMILES string of the molecule is C/C=C\C=C(/C)CCl.CC.Fc1ccc(C2Oc3ccc(SN4CCCCC4)cc3O2)cc1. The maximum Gasteiger partial charge on any atom is 0.267 e. The molecule has 0 spiro atoms. The summed E-state index contributed by atoms with van der Waals surface area (Å²) in [6.07, 6.45) is 9.34. The van der Waals surface area contributed by atoms with E-state index in [0.717, 1.165) is 35.0 Å². The summed E-state index contributed by atoms with van der Waals surface area (Å²) in [6, 6.07) is 12.3. The maximum absolute atomic E-state index is 13.0. The number of fused-ring (bicyclic) bond motifs is 1. The fraction of sp³-hybridized carbons (Fsp3) is 0.407. The summed E-state index contributed by atoms with van der Waals surface area (Å²) < 4.78 is 27.1. The van der Waals surface area contributed by atoms with Crippen LogP contribution in [-0.4, -0.2) is 23.3 Å². The Balaban J connectivity index is 0.000000330. The predicted molar refractivity (Wildman–Crippen MR) is 139 cm³/mol. The van der Waals surface area contributed by atoms with Crippen LogP contribution in [0.25, 0.3) is 0 Å². The van der Waals surface area contributed by atoms with Crippen LogP contribution < -0.4 is 9.47 Å². The molecule has 2 aliphatic heterocycles. The minimum Gasteiger partial charge on any atom is -0.447 e. The second kappa shape index (κ2) is 15.0. The van der Waals surface area contributed by atoms with Gasteiger partial charge in [-0.05, 0) is 81.1 Å². The van der Waals surface area contributed by atoms with E-state index >= 15 is 0 Å². The highest BCUT2D eigenvalue weighted by Crippen LogP contribution is 2.43. The van der Waals surface area contributed by atoms with Crippen molar-refractivity contribution in [3.8, 4) is 11.5 Å². The van der Waals surface area contributed by atoms with E-state index in [1.54, 1.807) is 24.1 Å². The minimum atomic E-state index is -0.499. The number of hydrogen-bond acceptors (Lipinski definition) is 4. The van der Waals surface area contributed by atoms with E-state index in [1.807, 2.05) is 58.1 Å². The Morgan fingerprint density at radius 3 is 2.36 bits per heavy atom. The van der Waals surface area contributed by atoms with Gasteiger partial charge in [0.05, 0.1) is 0 Å². The van der Waals surface area contributed by atoms with Crippen molar-refractivity contribution in [2.24, 2.45) is 0 Å². The second-order valence-electron chi connectivity index (χ2n) is 7.48. The summed E-state index contributed by atoms with van der Waals surface area (Å²) in [6.45, 7) is 10.3. The van der Waals surface area contributed by atoms with Gasteiger partial charge in [-0.2, -0.15) is 0 Å². The van der Waals surface area contributed by atoms with E-state index in [4.69, 9.17) is 21.1 Å². The Labute approximate surface area is 207 Å². The predicted octanol–water partition coefficient (Wildman–Crippen LogP) is 8.56. The van der Waals surface area contributed by atoms with Gasteiger partial charge in [-0.15, -0.1) is 11.6 Å². The summed E-state index contributed by atoms with van der Waals surface area (Å²) in [5, 5.41) is 0. The monoisotopic (exact) mass is 491 g/mol. The molecular weight excluding hydrogens is 457 g/mol. The van der Waals surface area contributed by atoms with Crippen LogP contribution in [0.4, 0.5) is 4.39 Å². The minimum absolute atomic E-state index is 0.260. The molecule has 6 heteroatoms. The molecule has 1 fully saturated rings. The largest absolute Gasteiger partial charge is 0.447 e. The van der Waals surface area contributed by atoms with E-state index in [9.17, 15) is 4.39 Å². The average molecular weight is 492 g/mol. The van der Waals surface area contributed by atoms with Crippen molar-refractivity contribution in [2.45, 2.75) is 58.1 Å². The molecule has 3 nitrogen and oxygen atoms in total. The van der Waals surface area contributed by atoms with Crippen LogP contribution in [0.15, 0.2) is 71.2 Å². The number of allylic oxidation sites excluding steroid dienone is 4. The van der Waals surface area contributed by atoms with Gasteiger partial charge in [0.15, 0.2) is 11.5 Å². The third kappa shape index (κ3) is 9.07. The highest BCUT2D eigenvalue weighted by Gasteiger charge is 2.26. The van der Waals surface area contributed by atoms with Crippen molar-refractivity contribution in [1.29, 1.82) is 0 Å². The smallest absolute Gasteiger partial charge is 0.267 e. The molecule has 2 heterocycles. The zero-order chi connectivity index (χ0) is 24.1. The Hall–Kier alpha value is -1.95. The van der Waals surface area contributed by atoms with Crippen molar-refractivity contribution in [3.05, 3.63) is 77.6 Å². The van der Waals surface area contributed by atoms with E-state index < -0.39 is 6.29 Å². The van der Waals surface area contributed by atoms with Crippen molar-refractivity contribution < 1.29 is 13.9 Å². The molecule has 0 aromatic heterocycles. The Morgan fingerprint density at radius 1 is 1.06 bits per heavy atom. The number of halogens is 2. The third-order valence-corrected chi connectivity index (χ3v) is 6.37. The van der Waals surface area contributed by atoms with Gasteiger partial charge in [-0.1, -0.05) is 44.1 Å². The molecular formula is C27H35ClFNO2S. The highest BCUT2D eigenvalue weighted by atomic mass is 35.5. The highest BCUT2D eigenvalue weighted by molar-refractivity contribution is 7.97. The summed E-state index contributed by atoms with van der Waals surface area (Å²) >= 11 is 7.26. The average Bonchev–Trinajstić information content (AvgIpc) is 3.28. The van der Waals surface area contributed by atoms with Crippen molar-refractivity contribution in [1.82, 2.24) is 4.31 Å². The molecule has 0 amide bonds. The Kier molecular flexibility index (Phi) is 12.4. The summed E-state index contributed by atoms with van der Waals surface area (Å²) in [5.41, 5.74) is 2.01. The van der Waals surface area contributed by atoms with Crippen LogP contribution >= 0.6 is 23.5 Å². The van der Waals surface area contributed by atoms with Gasteiger partial charge in [0.1, 0.15) is 5.82 Å². The fourth-order valence-electron chi connectivity index (χ4n) is 3.16. The van der Waals surface area contributed by atoms with E-state index in [-0.39, 0.29) is 5.82 Å². The standard InChI is InChI=1S/C18H18FNO2S.C7H11Cl.C2H6/c19-14-6-4-13(5-7-14)18-21-16-9-8-15(12-17(16)22-18)23-20-10-2-1-3-11-20;1-3-4-5-7(2)6-8;1-2/h4-9,12,18H,1-3,10-11H2;3-5H,6H2,1-2H3;1-2H3/b;4-3-,7-5+;. The molecule has 2 aromatic rings. The number of rotatable bonds is 5. The van der Waals surface area contributed by atoms with Crippen LogP contribution in [0.3, 0.4) is 0 Å². The second-order valence-corrected chi connectivity index (χ2v) is 8.92. The molecule has 1 atom stereocenters. The molecule has 2 aliphatic rings. The molecule has 4 rings (SSSR count). The van der Waals surface area contributed by atoms with E-state index in [2.05, 4.69) is 10.4 Å². The van der Waals surface area contributed by atoms with Crippen LogP contribution in [0.2, 0.25) is 0 Å². The van der Waals surface area contributed by atoms with Gasteiger partial charge in [0, 0.05) is 29.4 Å². The zero-order valence-corrected chi connectivity index (χ0v) is 21.6. The fourth-order valence-corrected chi connectivity index (χ4v) is 4.27. The molecule has 33 heavy (non-hydrogen) atoms.